The van der Waals surface area contributed by atoms with E-state index in [1.165, 1.54) is 24.3 Å². The maximum atomic E-state index is 12.9. The molecule has 1 fully saturated rings. The third-order valence-electron chi connectivity index (χ3n) is 4.93. The van der Waals surface area contributed by atoms with Crippen LogP contribution >= 0.6 is 0 Å². The molecule has 0 radical (unpaired) electrons. The van der Waals surface area contributed by atoms with Gasteiger partial charge in [0.2, 0.25) is 5.91 Å². The van der Waals surface area contributed by atoms with Gasteiger partial charge in [0.25, 0.3) is 0 Å². The van der Waals surface area contributed by atoms with E-state index in [9.17, 15) is 14.3 Å². The number of carbonyl (C=O) groups is 1. The van der Waals surface area contributed by atoms with Crippen LogP contribution in [0.5, 0.6) is 5.75 Å². The Balaban J connectivity index is 1.73. The monoisotopic (exact) mass is 437 g/mol. The predicted octanol–water partition coefficient (Wildman–Crippen LogP) is 1.11. The number of amides is 1. The van der Waals surface area contributed by atoms with Gasteiger partial charge in [0.1, 0.15) is 24.3 Å². The molecule has 0 bridgehead atoms. The van der Waals surface area contributed by atoms with Gasteiger partial charge in [0.15, 0.2) is 5.96 Å². The van der Waals surface area contributed by atoms with Crippen molar-refractivity contribution in [3.63, 3.8) is 0 Å². The fraction of sp³-hybridized carbons (Fsp3) is 0.636. The van der Waals surface area contributed by atoms with Crippen molar-refractivity contribution < 1.29 is 19.0 Å². The fourth-order valence-corrected chi connectivity index (χ4v) is 3.24. The SMILES string of the molecule is CCCNC(=O)CN1CCC(NC(=NCC(O)COc2ccc(F)cc2)NCC)CC1. The van der Waals surface area contributed by atoms with Crippen LogP contribution in [0, 0.1) is 5.82 Å². The van der Waals surface area contributed by atoms with Crippen molar-refractivity contribution in [2.24, 2.45) is 4.99 Å². The Labute approximate surface area is 184 Å². The topological polar surface area (TPSA) is 98.2 Å². The molecule has 174 valence electrons. The fourth-order valence-electron chi connectivity index (χ4n) is 3.24. The normalized spacial score (nSPS) is 16.6. The molecule has 1 aliphatic rings. The quantitative estimate of drug-likeness (QED) is 0.306. The number of benzene rings is 1. The summed E-state index contributed by atoms with van der Waals surface area (Å²) in [6.45, 7) is 7.88. The van der Waals surface area contributed by atoms with E-state index in [1.54, 1.807) is 0 Å². The molecule has 2 rings (SSSR count). The van der Waals surface area contributed by atoms with Crippen LogP contribution in [0.4, 0.5) is 4.39 Å². The summed E-state index contributed by atoms with van der Waals surface area (Å²) in [5, 5.41) is 19.7. The number of aliphatic hydroxyl groups excluding tert-OH is 1. The van der Waals surface area contributed by atoms with Crippen molar-refractivity contribution in [1.29, 1.82) is 0 Å². The lowest BCUT2D eigenvalue weighted by Gasteiger charge is -2.32. The van der Waals surface area contributed by atoms with Gasteiger partial charge < -0.3 is 25.8 Å². The van der Waals surface area contributed by atoms with E-state index in [2.05, 4.69) is 25.8 Å². The lowest BCUT2D eigenvalue weighted by molar-refractivity contribution is -0.122. The van der Waals surface area contributed by atoms with Crippen molar-refractivity contribution in [1.82, 2.24) is 20.9 Å². The van der Waals surface area contributed by atoms with Crippen LogP contribution in [0.3, 0.4) is 0 Å². The summed E-state index contributed by atoms with van der Waals surface area (Å²) < 4.78 is 18.4. The summed E-state index contributed by atoms with van der Waals surface area (Å²) in [5.74, 6) is 0.913. The Kier molecular flexibility index (Phi) is 11.1. The van der Waals surface area contributed by atoms with Crippen molar-refractivity contribution in [3.8, 4) is 5.75 Å². The number of nitrogens with one attached hydrogen (secondary N) is 3. The van der Waals surface area contributed by atoms with Gasteiger partial charge in [-0.15, -0.1) is 0 Å². The van der Waals surface area contributed by atoms with E-state index < -0.39 is 6.10 Å². The molecular weight excluding hydrogens is 401 g/mol. The van der Waals surface area contributed by atoms with Crippen molar-refractivity contribution >= 4 is 11.9 Å². The number of guanidine groups is 1. The Hall–Kier alpha value is -2.39. The first-order chi connectivity index (χ1) is 15.0. The van der Waals surface area contributed by atoms with Gasteiger partial charge in [-0.25, -0.2) is 4.39 Å². The predicted molar refractivity (Wildman–Crippen MR) is 120 cm³/mol. The second-order valence-corrected chi connectivity index (χ2v) is 7.68. The largest absolute Gasteiger partial charge is 0.491 e. The van der Waals surface area contributed by atoms with Crippen LogP contribution < -0.4 is 20.7 Å². The van der Waals surface area contributed by atoms with Crippen LogP contribution in [-0.2, 0) is 4.79 Å². The minimum atomic E-state index is -0.774. The summed E-state index contributed by atoms with van der Waals surface area (Å²) in [5.41, 5.74) is 0. The lowest BCUT2D eigenvalue weighted by atomic mass is 10.1. The van der Waals surface area contributed by atoms with Gasteiger partial charge in [-0.05, 0) is 50.5 Å². The first-order valence-electron chi connectivity index (χ1n) is 11.1. The van der Waals surface area contributed by atoms with Crippen molar-refractivity contribution in [2.45, 2.75) is 45.3 Å². The standard InChI is InChI=1S/C22H36FN5O3/c1-3-11-25-21(30)15-28-12-9-18(10-13-28)27-22(24-4-2)26-14-19(29)16-31-20-7-5-17(23)6-8-20/h5-8,18-19,29H,3-4,9-16H2,1-2H3,(H,25,30)(H2,24,26,27). The summed E-state index contributed by atoms with van der Waals surface area (Å²) in [6, 6.07) is 5.94. The van der Waals surface area contributed by atoms with E-state index in [1.807, 2.05) is 13.8 Å². The molecule has 1 aliphatic heterocycles. The van der Waals surface area contributed by atoms with Gasteiger partial charge in [-0.1, -0.05) is 6.92 Å². The van der Waals surface area contributed by atoms with Crippen molar-refractivity contribution in [3.05, 3.63) is 30.1 Å². The number of likely N-dealkylation sites (tertiary alicyclic amines) is 1. The molecule has 1 unspecified atom stereocenters. The number of aliphatic imine (C=N–C) groups is 1. The van der Waals surface area contributed by atoms with Crippen molar-refractivity contribution in [2.75, 3.05) is 45.9 Å². The van der Waals surface area contributed by atoms with E-state index in [0.29, 0.717) is 24.8 Å². The highest BCUT2D eigenvalue weighted by molar-refractivity contribution is 5.80. The van der Waals surface area contributed by atoms with Gasteiger partial charge in [-0.3, -0.25) is 14.7 Å². The van der Waals surface area contributed by atoms with E-state index in [4.69, 9.17) is 4.74 Å². The van der Waals surface area contributed by atoms with Crippen LogP contribution in [0.25, 0.3) is 0 Å². The van der Waals surface area contributed by atoms with Crippen LogP contribution in [0.15, 0.2) is 29.3 Å². The maximum absolute atomic E-state index is 12.9. The lowest BCUT2D eigenvalue weighted by Crippen LogP contribution is -2.50. The number of hydrogen-bond acceptors (Lipinski definition) is 5. The summed E-state index contributed by atoms with van der Waals surface area (Å²) in [4.78, 5) is 18.5. The minimum Gasteiger partial charge on any atom is -0.491 e. The molecule has 8 nitrogen and oxygen atoms in total. The molecule has 0 saturated carbocycles. The van der Waals surface area contributed by atoms with E-state index in [-0.39, 0.29) is 30.9 Å². The first-order valence-corrected chi connectivity index (χ1v) is 11.1. The Morgan fingerprint density at radius 1 is 1.26 bits per heavy atom. The highest BCUT2D eigenvalue weighted by atomic mass is 19.1. The highest BCUT2D eigenvalue weighted by Crippen LogP contribution is 2.12. The Morgan fingerprint density at radius 3 is 2.61 bits per heavy atom. The second-order valence-electron chi connectivity index (χ2n) is 7.68. The molecule has 0 aliphatic carbocycles. The average Bonchev–Trinajstić information content (AvgIpc) is 2.77. The molecule has 0 aromatic heterocycles. The summed E-state index contributed by atoms with van der Waals surface area (Å²) in [6.07, 6.45) is 2.00. The van der Waals surface area contributed by atoms with Crippen LogP contribution in [-0.4, -0.2) is 79.9 Å². The molecule has 1 amide bonds. The van der Waals surface area contributed by atoms with Gasteiger partial charge in [0, 0.05) is 32.2 Å². The highest BCUT2D eigenvalue weighted by Gasteiger charge is 2.21. The zero-order valence-electron chi connectivity index (χ0n) is 18.6. The van der Waals surface area contributed by atoms with E-state index in [0.717, 1.165) is 38.9 Å². The number of nitrogens with zero attached hydrogens (tertiary/aromatic N) is 2. The smallest absolute Gasteiger partial charge is 0.234 e. The number of carbonyl (C=O) groups excluding carboxylic acids is 1. The average molecular weight is 438 g/mol. The molecule has 1 aromatic rings. The molecule has 0 spiro atoms. The number of halogens is 1. The maximum Gasteiger partial charge on any atom is 0.234 e. The van der Waals surface area contributed by atoms with Crippen LogP contribution in [0.1, 0.15) is 33.1 Å². The van der Waals surface area contributed by atoms with Gasteiger partial charge >= 0.3 is 0 Å². The molecule has 1 aromatic carbocycles. The number of aliphatic hydroxyl groups is 1. The molecule has 1 atom stereocenters. The minimum absolute atomic E-state index is 0.0764. The number of piperidine rings is 1. The molecule has 9 heteroatoms. The zero-order valence-corrected chi connectivity index (χ0v) is 18.6. The Bertz CT molecular complexity index is 678. The first kappa shape index (κ1) is 24.9. The molecule has 1 heterocycles. The number of hydrogen-bond donors (Lipinski definition) is 4. The molecular formula is C22H36FN5O3. The van der Waals surface area contributed by atoms with E-state index >= 15 is 0 Å². The Morgan fingerprint density at radius 2 is 1.97 bits per heavy atom. The van der Waals surface area contributed by atoms with Gasteiger partial charge in [0.05, 0.1) is 13.1 Å². The molecule has 1 saturated heterocycles. The molecule has 4 N–H and O–H groups in total. The third kappa shape index (κ3) is 9.97. The van der Waals surface area contributed by atoms with Gasteiger partial charge in [-0.2, -0.15) is 0 Å². The second kappa shape index (κ2) is 13.8. The third-order valence-corrected chi connectivity index (χ3v) is 4.93. The number of ether oxygens (including phenoxy) is 1. The summed E-state index contributed by atoms with van der Waals surface area (Å²) >= 11 is 0. The number of rotatable bonds is 11. The summed E-state index contributed by atoms with van der Waals surface area (Å²) in [7, 11) is 0. The molecule has 31 heavy (non-hydrogen) atoms. The zero-order chi connectivity index (χ0) is 22.5. The van der Waals surface area contributed by atoms with Crippen LogP contribution in [0.2, 0.25) is 0 Å².